The summed E-state index contributed by atoms with van der Waals surface area (Å²) in [5.74, 6) is 0.154. The van der Waals surface area contributed by atoms with Crippen molar-refractivity contribution in [3.8, 4) is 0 Å². The number of alkyl halides is 3. The molecule has 58 valence electrons. The van der Waals surface area contributed by atoms with E-state index in [9.17, 15) is 13.2 Å². The molecule has 3 heteroatoms. The minimum absolute atomic E-state index is 0.154. The van der Waals surface area contributed by atoms with Crippen LogP contribution in [0.5, 0.6) is 0 Å². The minimum atomic E-state index is -4.11. The van der Waals surface area contributed by atoms with Crippen LogP contribution in [0.3, 0.4) is 0 Å². The Morgan fingerprint density at radius 1 is 1.50 bits per heavy atom. The van der Waals surface area contributed by atoms with E-state index in [1.807, 2.05) is 6.92 Å². The summed E-state index contributed by atoms with van der Waals surface area (Å²) in [6.07, 6.45) is -2.15. The fraction of sp³-hybridized carbons (Fsp3) is 0.714. The Bertz CT molecular complexity index is 155. The second kappa shape index (κ2) is 2.29. The van der Waals surface area contributed by atoms with E-state index in [0.29, 0.717) is 18.1 Å². The molecule has 0 bridgehead atoms. The molecular formula is C7H9F3. The molecule has 1 fully saturated rings. The molecule has 1 rings (SSSR count). The second-order valence-electron chi connectivity index (χ2n) is 2.70. The summed E-state index contributed by atoms with van der Waals surface area (Å²) in [7, 11) is 0. The van der Waals surface area contributed by atoms with Crippen molar-refractivity contribution in [3.05, 3.63) is 11.6 Å². The van der Waals surface area contributed by atoms with Gasteiger partial charge >= 0.3 is 6.18 Å². The van der Waals surface area contributed by atoms with Gasteiger partial charge in [0.15, 0.2) is 0 Å². The molecule has 0 aromatic carbocycles. The first-order valence-electron chi connectivity index (χ1n) is 3.27. The van der Waals surface area contributed by atoms with Crippen molar-refractivity contribution in [3.63, 3.8) is 0 Å². The predicted molar refractivity (Wildman–Crippen MR) is 32.5 cm³/mol. The summed E-state index contributed by atoms with van der Waals surface area (Å²) >= 11 is 0. The lowest BCUT2D eigenvalue weighted by Gasteiger charge is -2.26. The van der Waals surface area contributed by atoms with Crippen LogP contribution in [0.15, 0.2) is 11.6 Å². The third kappa shape index (κ3) is 1.75. The Labute approximate surface area is 57.7 Å². The van der Waals surface area contributed by atoms with E-state index in [0.717, 1.165) is 6.42 Å². The lowest BCUT2D eigenvalue weighted by molar-refractivity contribution is -0.0815. The summed E-state index contributed by atoms with van der Waals surface area (Å²) in [6.45, 7) is 1.82. The van der Waals surface area contributed by atoms with Crippen LogP contribution < -0.4 is 0 Å². The van der Waals surface area contributed by atoms with Crippen molar-refractivity contribution < 1.29 is 13.2 Å². The molecule has 1 unspecified atom stereocenters. The highest BCUT2D eigenvalue weighted by Gasteiger charge is 2.29. The van der Waals surface area contributed by atoms with Crippen LogP contribution in [0.25, 0.3) is 0 Å². The van der Waals surface area contributed by atoms with Gasteiger partial charge in [-0.05, 0) is 18.8 Å². The second-order valence-corrected chi connectivity index (χ2v) is 2.70. The van der Waals surface area contributed by atoms with E-state index < -0.39 is 6.18 Å². The summed E-state index contributed by atoms with van der Waals surface area (Å²) < 4.78 is 34.9. The summed E-state index contributed by atoms with van der Waals surface area (Å²) in [4.78, 5) is 0. The molecule has 1 aliphatic rings. The van der Waals surface area contributed by atoms with E-state index in [4.69, 9.17) is 0 Å². The topological polar surface area (TPSA) is 0 Å². The number of hydrogen-bond acceptors (Lipinski definition) is 0. The molecule has 0 aromatic heterocycles. The van der Waals surface area contributed by atoms with E-state index >= 15 is 0 Å². The maximum absolute atomic E-state index is 11.6. The fourth-order valence-electron chi connectivity index (χ4n) is 1.02. The number of allylic oxidation sites excluding steroid dienone is 2. The van der Waals surface area contributed by atoms with Crippen molar-refractivity contribution in [2.24, 2.45) is 5.92 Å². The lowest BCUT2D eigenvalue weighted by Crippen LogP contribution is -2.15. The van der Waals surface area contributed by atoms with Crippen molar-refractivity contribution >= 4 is 0 Å². The molecule has 0 heterocycles. The monoisotopic (exact) mass is 150 g/mol. The molecule has 0 N–H and O–H groups in total. The number of hydrogen-bond donors (Lipinski definition) is 0. The van der Waals surface area contributed by atoms with Gasteiger partial charge in [0.05, 0.1) is 0 Å². The van der Waals surface area contributed by atoms with Crippen LogP contribution in [0.4, 0.5) is 13.2 Å². The van der Waals surface area contributed by atoms with Crippen molar-refractivity contribution in [1.82, 2.24) is 0 Å². The standard InChI is InChI=1S/C7H9F3/c1-5-2-3-6(5)4-7(8,9)10/h4-5H,2-3H2,1H3/b6-4-. The molecule has 0 radical (unpaired) electrons. The Morgan fingerprint density at radius 3 is 2.20 bits per heavy atom. The summed E-state index contributed by atoms with van der Waals surface area (Å²) in [5, 5.41) is 0. The average Bonchev–Trinajstić information content (AvgIpc) is 1.78. The lowest BCUT2D eigenvalue weighted by atomic mass is 9.81. The fourth-order valence-corrected chi connectivity index (χ4v) is 1.02. The number of rotatable bonds is 0. The molecule has 0 aromatic rings. The van der Waals surface area contributed by atoms with Crippen LogP contribution in [0.1, 0.15) is 19.8 Å². The molecule has 1 aliphatic carbocycles. The third-order valence-electron chi connectivity index (χ3n) is 1.85. The first-order valence-corrected chi connectivity index (χ1v) is 3.27. The summed E-state index contributed by atoms with van der Waals surface area (Å²) in [6, 6.07) is 0. The van der Waals surface area contributed by atoms with Crippen molar-refractivity contribution in [2.75, 3.05) is 0 Å². The average molecular weight is 150 g/mol. The zero-order valence-electron chi connectivity index (χ0n) is 5.70. The van der Waals surface area contributed by atoms with E-state index in [2.05, 4.69) is 0 Å². The normalized spacial score (nSPS) is 30.4. The molecule has 10 heavy (non-hydrogen) atoms. The molecule has 0 saturated heterocycles. The smallest absolute Gasteiger partial charge is 0.167 e. The van der Waals surface area contributed by atoms with Gasteiger partial charge in [-0.1, -0.05) is 12.5 Å². The number of halogens is 3. The van der Waals surface area contributed by atoms with Gasteiger partial charge in [-0.3, -0.25) is 0 Å². The van der Waals surface area contributed by atoms with Gasteiger partial charge < -0.3 is 0 Å². The van der Waals surface area contributed by atoms with Crippen molar-refractivity contribution in [2.45, 2.75) is 25.9 Å². The van der Waals surface area contributed by atoms with Crippen molar-refractivity contribution in [1.29, 1.82) is 0 Å². The van der Waals surface area contributed by atoms with Crippen LogP contribution in [-0.4, -0.2) is 6.18 Å². The molecular weight excluding hydrogens is 141 g/mol. The van der Waals surface area contributed by atoms with Gasteiger partial charge in [0, 0.05) is 6.08 Å². The zero-order valence-corrected chi connectivity index (χ0v) is 5.70. The molecule has 0 spiro atoms. The molecule has 0 nitrogen and oxygen atoms in total. The van der Waals surface area contributed by atoms with Gasteiger partial charge in [-0.25, -0.2) is 0 Å². The highest BCUT2D eigenvalue weighted by Crippen LogP contribution is 2.35. The van der Waals surface area contributed by atoms with E-state index in [-0.39, 0.29) is 5.92 Å². The third-order valence-corrected chi connectivity index (χ3v) is 1.85. The Balaban J connectivity index is 2.55. The molecule has 0 amide bonds. The van der Waals surface area contributed by atoms with Crippen LogP contribution in [0, 0.1) is 5.92 Å². The maximum Gasteiger partial charge on any atom is 0.409 e. The Kier molecular flexibility index (Phi) is 1.75. The highest BCUT2D eigenvalue weighted by atomic mass is 19.4. The first-order chi connectivity index (χ1) is 4.49. The van der Waals surface area contributed by atoms with Crippen LogP contribution in [-0.2, 0) is 0 Å². The highest BCUT2D eigenvalue weighted by molar-refractivity contribution is 5.15. The van der Waals surface area contributed by atoms with E-state index in [1.165, 1.54) is 0 Å². The largest absolute Gasteiger partial charge is 0.409 e. The maximum atomic E-state index is 11.6. The predicted octanol–water partition coefficient (Wildman–Crippen LogP) is 2.91. The van der Waals surface area contributed by atoms with Crippen LogP contribution in [0.2, 0.25) is 0 Å². The van der Waals surface area contributed by atoms with Gasteiger partial charge in [0.1, 0.15) is 0 Å². The van der Waals surface area contributed by atoms with Gasteiger partial charge in [0.25, 0.3) is 0 Å². The van der Waals surface area contributed by atoms with Gasteiger partial charge in [-0.2, -0.15) is 13.2 Å². The molecule has 0 aliphatic heterocycles. The van der Waals surface area contributed by atoms with Gasteiger partial charge in [-0.15, -0.1) is 0 Å². The van der Waals surface area contributed by atoms with Gasteiger partial charge in [0.2, 0.25) is 0 Å². The van der Waals surface area contributed by atoms with Crippen LogP contribution >= 0.6 is 0 Å². The molecule has 1 atom stereocenters. The Hall–Kier alpha value is -0.470. The zero-order chi connectivity index (χ0) is 7.78. The first kappa shape index (κ1) is 7.63. The Morgan fingerprint density at radius 2 is 2.10 bits per heavy atom. The summed E-state index contributed by atoms with van der Waals surface area (Å²) in [5.41, 5.74) is 0.549. The SMILES string of the molecule is CC1CC/C1=C/C(F)(F)F. The molecule has 1 saturated carbocycles. The quantitative estimate of drug-likeness (QED) is 0.466. The van der Waals surface area contributed by atoms with E-state index in [1.54, 1.807) is 0 Å². The minimum Gasteiger partial charge on any atom is -0.167 e.